The van der Waals surface area contributed by atoms with E-state index >= 15 is 0 Å². The van der Waals surface area contributed by atoms with E-state index in [1.54, 1.807) is 0 Å². The molecule has 136 valence electrons. The van der Waals surface area contributed by atoms with E-state index in [0.717, 1.165) is 11.5 Å². The molecule has 1 aromatic heterocycles. The van der Waals surface area contributed by atoms with Crippen LogP contribution in [-0.4, -0.2) is 9.97 Å². The van der Waals surface area contributed by atoms with Crippen LogP contribution < -0.4 is 11.1 Å². The first-order valence-corrected chi connectivity index (χ1v) is 9.25. The molecule has 2 aromatic rings. The van der Waals surface area contributed by atoms with E-state index in [2.05, 4.69) is 60.3 Å². The zero-order valence-corrected chi connectivity index (χ0v) is 15.9. The standard InChI is InChI=1S/C22H28N4/c1-16-8-7-13-22(2,3)19(16)12-11-18-14-20(26-21(23)25-18)24-15-17-9-5-4-6-10-17/h4-6,9-12,14H,7-8,13,15H2,1-3H3,(H3,23,24,25,26)/b12-11+. The van der Waals surface area contributed by atoms with Crippen molar-refractivity contribution in [3.63, 3.8) is 0 Å². The van der Waals surface area contributed by atoms with E-state index in [4.69, 9.17) is 5.73 Å². The first kappa shape index (κ1) is 18.2. The van der Waals surface area contributed by atoms with Crippen LogP contribution in [0, 0.1) is 5.41 Å². The van der Waals surface area contributed by atoms with Crippen LogP contribution in [0.2, 0.25) is 0 Å². The molecule has 0 spiro atoms. The summed E-state index contributed by atoms with van der Waals surface area (Å²) in [6.45, 7) is 7.58. The van der Waals surface area contributed by atoms with Gasteiger partial charge < -0.3 is 11.1 Å². The van der Waals surface area contributed by atoms with E-state index in [9.17, 15) is 0 Å². The Hall–Kier alpha value is -2.62. The fraction of sp³-hybridized carbons (Fsp3) is 0.364. The van der Waals surface area contributed by atoms with Crippen LogP contribution in [0.1, 0.15) is 51.3 Å². The Balaban J connectivity index is 1.77. The van der Waals surface area contributed by atoms with Gasteiger partial charge in [0, 0.05) is 12.6 Å². The van der Waals surface area contributed by atoms with Crippen LogP contribution in [0.3, 0.4) is 0 Å². The molecular formula is C22H28N4. The topological polar surface area (TPSA) is 63.8 Å². The van der Waals surface area contributed by atoms with Crippen LogP contribution in [0.4, 0.5) is 11.8 Å². The summed E-state index contributed by atoms with van der Waals surface area (Å²) in [5.74, 6) is 1.03. The van der Waals surface area contributed by atoms with Gasteiger partial charge in [-0.3, -0.25) is 0 Å². The van der Waals surface area contributed by atoms with Crippen molar-refractivity contribution in [2.75, 3.05) is 11.1 Å². The van der Waals surface area contributed by atoms with Crippen molar-refractivity contribution in [1.29, 1.82) is 0 Å². The summed E-state index contributed by atoms with van der Waals surface area (Å²) in [5, 5.41) is 3.33. The van der Waals surface area contributed by atoms with Gasteiger partial charge in [0.1, 0.15) is 5.82 Å². The Kier molecular flexibility index (Phi) is 5.40. The van der Waals surface area contributed by atoms with Crippen molar-refractivity contribution in [1.82, 2.24) is 9.97 Å². The minimum Gasteiger partial charge on any atom is -0.368 e. The molecule has 4 heteroatoms. The Morgan fingerprint density at radius 1 is 1.15 bits per heavy atom. The summed E-state index contributed by atoms with van der Waals surface area (Å²) < 4.78 is 0. The average molecular weight is 348 g/mol. The highest BCUT2D eigenvalue weighted by Crippen LogP contribution is 2.40. The lowest BCUT2D eigenvalue weighted by Gasteiger charge is -2.32. The lowest BCUT2D eigenvalue weighted by molar-refractivity contribution is 0.377. The first-order chi connectivity index (χ1) is 12.4. The van der Waals surface area contributed by atoms with Gasteiger partial charge in [0.2, 0.25) is 5.95 Å². The molecule has 0 unspecified atom stereocenters. The Morgan fingerprint density at radius 3 is 2.65 bits per heavy atom. The minimum atomic E-state index is 0.214. The third kappa shape index (κ3) is 4.51. The number of nitrogens with one attached hydrogen (secondary N) is 1. The first-order valence-electron chi connectivity index (χ1n) is 9.25. The predicted molar refractivity (Wildman–Crippen MR) is 110 cm³/mol. The number of benzene rings is 1. The fourth-order valence-electron chi connectivity index (χ4n) is 3.63. The fourth-order valence-corrected chi connectivity index (χ4v) is 3.63. The monoisotopic (exact) mass is 348 g/mol. The molecule has 1 aliphatic rings. The second-order valence-corrected chi connectivity index (χ2v) is 7.64. The molecule has 26 heavy (non-hydrogen) atoms. The van der Waals surface area contributed by atoms with E-state index in [1.165, 1.54) is 36.0 Å². The van der Waals surface area contributed by atoms with Crippen molar-refractivity contribution in [2.45, 2.75) is 46.6 Å². The normalized spacial score (nSPS) is 16.9. The second kappa shape index (κ2) is 7.73. The summed E-state index contributed by atoms with van der Waals surface area (Å²) in [4.78, 5) is 8.66. The van der Waals surface area contributed by atoms with Crippen LogP contribution >= 0.6 is 0 Å². The maximum Gasteiger partial charge on any atom is 0.222 e. The smallest absolute Gasteiger partial charge is 0.222 e. The highest BCUT2D eigenvalue weighted by molar-refractivity contribution is 5.56. The van der Waals surface area contributed by atoms with Crippen LogP contribution in [0.25, 0.3) is 6.08 Å². The maximum absolute atomic E-state index is 5.91. The van der Waals surface area contributed by atoms with Crippen LogP contribution in [0.5, 0.6) is 0 Å². The number of rotatable bonds is 5. The lowest BCUT2D eigenvalue weighted by atomic mass is 9.72. The summed E-state index contributed by atoms with van der Waals surface area (Å²) in [6, 6.07) is 12.2. The highest BCUT2D eigenvalue weighted by atomic mass is 15.1. The van der Waals surface area contributed by atoms with Gasteiger partial charge in [0.25, 0.3) is 0 Å². The van der Waals surface area contributed by atoms with Gasteiger partial charge in [-0.15, -0.1) is 0 Å². The number of hydrogen-bond donors (Lipinski definition) is 2. The van der Waals surface area contributed by atoms with Crippen molar-refractivity contribution in [3.05, 3.63) is 64.9 Å². The quantitative estimate of drug-likeness (QED) is 0.778. The lowest BCUT2D eigenvalue weighted by Crippen LogP contribution is -2.19. The summed E-state index contributed by atoms with van der Waals surface area (Å²) in [7, 11) is 0. The number of nitrogen functional groups attached to an aromatic ring is 1. The molecule has 1 heterocycles. The van der Waals surface area contributed by atoms with Gasteiger partial charge in [-0.2, -0.15) is 4.98 Å². The zero-order chi connectivity index (χ0) is 18.6. The molecule has 4 nitrogen and oxygen atoms in total. The molecule has 0 aliphatic heterocycles. The second-order valence-electron chi connectivity index (χ2n) is 7.64. The number of nitrogens with two attached hydrogens (primary N) is 1. The minimum absolute atomic E-state index is 0.214. The summed E-state index contributed by atoms with van der Waals surface area (Å²) >= 11 is 0. The molecule has 1 aromatic carbocycles. The molecule has 0 amide bonds. The molecular weight excluding hydrogens is 320 g/mol. The Labute approximate surface area is 156 Å². The van der Waals surface area contributed by atoms with Gasteiger partial charge in [-0.25, -0.2) is 4.98 Å². The third-order valence-corrected chi connectivity index (χ3v) is 5.04. The number of allylic oxidation sites excluding steroid dienone is 3. The zero-order valence-electron chi connectivity index (χ0n) is 15.9. The molecule has 0 bridgehead atoms. The molecule has 0 fully saturated rings. The predicted octanol–water partition coefficient (Wildman–Crippen LogP) is 5.21. The van der Waals surface area contributed by atoms with Crippen molar-refractivity contribution < 1.29 is 0 Å². The number of anilines is 2. The molecule has 1 aliphatic carbocycles. The largest absolute Gasteiger partial charge is 0.368 e. The Morgan fingerprint density at radius 2 is 1.92 bits per heavy atom. The maximum atomic E-state index is 5.91. The Bertz CT molecular complexity index is 819. The van der Waals surface area contributed by atoms with E-state index in [-0.39, 0.29) is 11.4 Å². The molecule has 0 saturated carbocycles. The molecule has 3 N–H and O–H groups in total. The van der Waals surface area contributed by atoms with Crippen LogP contribution in [-0.2, 0) is 6.54 Å². The van der Waals surface area contributed by atoms with Gasteiger partial charge in [-0.05, 0) is 48.8 Å². The van der Waals surface area contributed by atoms with Crippen LogP contribution in [0.15, 0.2) is 53.6 Å². The van der Waals surface area contributed by atoms with Gasteiger partial charge in [-0.1, -0.05) is 55.8 Å². The molecule has 0 atom stereocenters. The van der Waals surface area contributed by atoms with Crippen molar-refractivity contribution >= 4 is 17.8 Å². The number of aromatic nitrogens is 2. The summed E-state index contributed by atoms with van der Waals surface area (Å²) in [5.41, 5.74) is 11.0. The van der Waals surface area contributed by atoms with Gasteiger partial charge in [0.05, 0.1) is 5.69 Å². The molecule has 3 rings (SSSR count). The van der Waals surface area contributed by atoms with E-state index in [1.807, 2.05) is 24.3 Å². The summed E-state index contributed by atoms with van der Waals surface area (Å²) in [6.07, 6.45) is 7.93. The SMILES string of the molecule is CC1=C(/C=C/c2cc(NCc3ccccc3)nc(N)n2)C(C)(C)CCC1. The van der Waals surface area contributed by atoms with E-state index in [0.29, 0.717) is 6.54 Å². The van der Waals surface area contributed by atoms with Crippen molar-refractivity contribution in [2.24, 2.45) is 5.41 Å². The van der Waals surface area contributed by atoms with Gasteiger partial charge in [0.15, 0.2) is 0 Å². The third-order valence-electron chi connectivity index (χ3n) is 5.04. The van der Waals surface area contributed by atoms with E-state index < -0.39 is 0 Å². The average Bonchev–Trinajstić information content (AvgIpc) is 2.59. The van der Waals surface area contributed by atoms with Crippen molar-refractivity contribution in [3.8, 4) is 0 Å². The van der Waals surface area contributed by atoms with Gasteiger partial charge >= 0.3 is 0 Å². The molecule has 0 saturated heterocycles. The number of hydrogen-bond acceptors (Lipinski definition) is 4. The number of nitrogens with zero attached hydrogens (tertiary/aromatic N) is 2. The molecule has 0 radical (unpaired) electrons. The highest BCUT2D eigenvalue weighted by Gasteiger charge is 2.26.